The number of para-hydroxylation sites is 1. The van der Waals surface area contributed by atoms with Crippen LogP contribution in [0.15, 0.2) is 24.3 Å². The molecule has 3 rings (SSSR count). The van der Waals surface area contributed by atoms with Gasteiger partial charge in [0.15, 0.2) is 0 Å². The van der Waals surface area contributed by atoms with Gasteiger partial charge < -0.3 is 5.32 Å². The number of carbonyl (C=O) groups is 3. The Bertz CT molecular complexity index is 670. The highest BCUT2D eigenvalue weighted by Gasteiger charge is 2.48. The number of hydrogen-bond donors (Lipinski definition) is 1. The van der Waals surface area contributed by atoms with Crippen LogP contribution in [0.4, 0.5) is 5.69 Å². The molecule has 1 heterocycles. The molecule has 0 aromatic heterocycles. The van der Waals surface area contributed by atoms with Gasteiger partial charge in [-0.1, -0.05) is 36.6 Å². The van der Waals surface area contributed by atoms with Crippen LogP contribution >= 0.6 is 11.6 Å². The van der Waals surface area contributed by atoms with Gasteiger partial charge in [-0.15, -0.1) is 0 Å². The van der Waals surface area contributed by atoms with E-state index in [4.69, 9.17) is 11.6 Å². The maximum Gasteiger partial charge on any atom is 0.238 e. The summed E-state index contributed by atoms with van der Waals surface area (Å²) < 4.78 is 0. The van der Waals surface area contributed by atoms with Crippen molar-refractivity contribution in [2.24, 2.45) is 11.8 Å². The second-order valence-corrected chi connectivity index (χ2v) is 7.19. The normalized spacial score (nSPS) is 23.1. The number of amides is 3. The summed E-state index contributed by atoms with van der Waals surface area (Å²) in [5.74, 6) is -0.744. The third-order valence-corrected chi connectivity index (χ3v) is 5.21. The molecule has 1 saturated heterocycles. The minimum absolute atomic E-state index is 0.0671. The summed E-state index contributed by atoms with van der Waals surface area (Å²) in [7, 11) is 1.72. The van der Waals surface area contributed by atoms with Crippen LogP contribution < -0.4 is 5.32 Å². The van der Waals surface area contributed by atoms with Crippen molar-refractivity contribution in [1.29, 1.82) is 0 Å². The van der Waals surface area contributed by atoms with Crippen LogP contribution in [-0.4, -0.2) is 47.8 Å². The first kappa shape index (κ1) is 17.9. The van der Waals surface area contributed by atoms with Crippen molar-refractivity contribution in [2.75, 3.05) is 25.6 Å². The smallest absolute Gasteiger partial charge is 0.238 e. The number of halogens is 1. The van der Waals surface area contributed by atoms with E-state index < -0.39 is 0 Å². The van der Waals surface area contributed by atoms with Crippen LogP contribution in [-0.2, 0) is 14.4 Å². The molecule has 1 aliphatic carbocycles. The highest BCUT2D eigenvalue weighted by atomic mass is 35.5. The van der Waals surface area contributed by atoms with E-state index in [9.17, 15) is 14.4 Å². The number of imide groups is 1. The molecular formula is C18H22ClN3O3. The van der Waals surface area contributed by atoms with Crippen LogP contribution in [0.25, 0.3) is 0 Å². The average Bonchev–Trinajstić information content (AvgIpc) is 2.82. The van der Waals surface area contributed by atoms with E-state index in [1.54, 1.807) is 36.2 Å². The van der Waals surface area contributed by atoms with E-state index in [2.05, 4.69) is 5.32 Å². The quantitative estimate of drug-likeness (QED) is 0.815. The van der Waals surface area contributed by atoms with Crippen LogP contribution in [0.1, 0.15) is 25.7 Å². The highest BCUT2D eigenvalue weighted by molar-refractivity contribution is 6.33. The molecule has 1 aromatic carbocycles. The molecule has 1 saturated carbocycles. The number of nitrogens with zero attached hydrogens (tertiary/aromatic N) is 2. The molecular weight excluding hydrogens is 342 g/mol. The van der Waals surface area contributed by atoms with Crippen molar-refractivity contribution in [2.45, 2.75) is 25.7 Å². The Morgan fingerprint density at radius 2 is 1.80 bits per heavy atom. The number of likely N-dealkylation sites (N-methyl/N-ethyl adjacent to an activating group) is 1. The summed E-state index contributed by atoms with van der Waals surface area (Å²) in [6.07, 6.45) is 3.60. The first-order chi connectivity index (χ1) is 12.0. The van der Waals surface area contributed by atoms with Crippen molar-refractivity contribution < 1.29 is 14.4 Å². The van der Waals surface area contributed by atoms with Crippen LogP contribution in [0.2, 0.25) is 5.02 Å². The molecule has 2 aliphatic rings. The number of rotatable bonds is 5. The maximum atomic E-state index is 12.5. The number of carbonyl (C=O) groups excluding carboxylic acids is 3. The van der Waals surface area contributed by atoms with Gasteiger partial charge in [-0.3, -0.25) is 24.2 Å². The highest BCUT2D eigenvalue weighted by Crippen LogP contribution is 2.37. The molecule has 3 amide bonds. The van der Waals surface area contributed by atoms with Gasteiger partial charge in [0.25, 0.3) is 0 Å². The number of nitrogens with one attached hydrogen (secondary N) is 1. The van der Waals surface area contributed by atoms with E-state index in [-0.39, 0.29) is 42.8 Å². The molecule has 25 heavy (non-hydrogen) atoms. The second kappa shape index (κ2) is 7.54. The Balaban J connectivity index is 1.56. The summed E-state index contributed by atoms with van der Waals surface area (Å²) in [6, 6.07) is 6.99. The SMILES string of the molecule is CN(CC(=O)Nc1ccccc1Cl)CN1C(=O)[C@@H]2CCCC[C@H]2C1=O. The molecule has 0 bridgehead atoms. The summed E-state index contributed by atoms with van der Waals surface area (Å²) in [4.78, 5) is 40.1. The third-order valence-electron chi connectivity index (χ3n) is 4.88. The number of hydrogen-bond acceptors (Lipinski definition) is 4. The fraction of sp³-hybridized carbons (Fsp3) is 0.500. The predicted octanol–water partition coefficient (Wildman–Crippen LogP) is 2.34. The molecule has 1 aliphatic heterocycles. The Hall–Kier alpha value is -1.92. The fourth-order valence-electron chi connectivity index (χ4n) is 3.66. The van der Waals surface area contributed by atoms with Gasteiger partial charge in [0.2, 0.25) is 17.7 Å². The molecule has 7 heteroatoms. The zero-order valence-corrected chi connectivity index (χ0v) is 15.0. The van der Waals surface area contributed by atoms with Crippen molar-refractivity contribution >= 4 is 35.0 Å². The summed E-state index contributed by atoms with van der Waals surface area (Å²) >= 11 is 6.02. The number of benzene rings is 1. The van der Waals surface area contributed by atoms with Gasteiger partial charge in [-0.25, -0.2) is 0 Å². The number of anilines is 1. The lowest BCUT2D eigenvalue weighted by Gasteiger charge is -2.23. The van der Waals surface area contributed by atoms with E-state index in [1.165, 1.54) is 4.90 Å². The second-order valence-electron chi connectivity index (χ2n) is 6.79. The molecule has 0 spiro atoms. The van der Waals surface area contributed by atoms with Gasteiger partial charge in [0, 0.05) is 0 Å². The van der Waals surface area contributed by atoms with Gasteiger partial charge in [0.05, 0.1) is 35.8 Å². The predicted molar refractivity (Wildman–Crippen MR) is 94.9 cm³/mol. The monoisotopic (exact) mass is 363 g/mol. The van der Waals surface area contributed by atoms with Crippen molar-refractivity contribution in [3.05, 3.63) is 29.3 Å². The lowest BCUT2D eigenvalue weighted by atomic mass is 9.81. The van der Waals surface area contributed by atoms with Crippen molar-refractivity contribution in [3.63, 3.8) is 0 Å². The molecule has 0 unspecified atom stereocenters. The van der Waals surface area contributed by atoms with Crippen LogP contribution in [0, 0.1) is 11.8 Å². The van der Waals surface area contributed by atoms with Crippen molar-refractivity contribution in [1.82, 2.24) is 9.80 Å². The number of likely N-dealkylation sites (tertiary alicyclic amines) is 1. The van der Waals surface area contributed by atoms with Crippen molar-refractivity contribution in [3.8, 4) is 0 Å². The molecule has 0 radical (unpaired) electrons. The zero-order valence-electron chi connectivity index (χ0n) is 14.2. The Kier molecular flexibility index (Phi) is 5.39. The Morgan fingerprint density at radius 1 is 1.20 bits per heavy atom. The lowest BCUT2D eigenvalue weighted by Crippen LogP contribution is -2.42. The van der Waals surface area contributed by atoms with E-state index in [0.717, 1.165) is 25.7 Å². The first-order valence-electron chi connectivity index (χ1n) is 8.55. The average molecular weight is 364 g/mol. The molecule has 2 atom stereocenters. The largest absolute Gasteiger partial charge is 0.324 e. The molecule has 134 valence electrons. The Labute approximate surface area is 152 Å². The van der Waals surface area contributed by atoms with Gasteiger partial charge in [-0.2, -0.15) is 0 Å². The zero-order chi connectivity index (χ0) is 18.0. The topological polar surface area (TPSA) is 69.7 Å². The van der Waals surface area contributed by atoms with Gasteiger partial charge in [-0.05, 0) is 32.0 Å². The Morgan fingerprint density at radius 3 is 2.40 bits per heavy atom. The van der Waals surface area contributed by atoms with Gasteiger partial charge in [0.1, 0.15) is 0 Å². The van der Waals surface area contributed by atoms with Crippen LogP contribution in [0.3, 0.4) is 0 Å². The summed E-state index contributed by atoms with van der Waals surface area (Å²) in [6.45, 7) is 0.207. The summed E-state index contributed by atoms with van der Waals surface area (Å²) in [5, 5.41) is 3.20. The standard InChI is InChI=1S/C18H22ClN3O3/c1-21(10-16(23)20-15-9-5-4-8-14(15)19)11-22-17(24)12-6-2-3-7-13(12)18(22)25/h4-5,8-9,12-13H,2-3,6-7,10-11H2,1H3,(H,20,23)/t12-,13-/m1/s1. The third kappa shape index (κ3) is 3.85. The van der Waals surface area contributed by atoms with E-state index in [0.29, 0.717) is 10.7 Å². The molecule has 6 nitrogen and oxygen atoms in total. The number of fused-ring (bicyclic) bond motifs is 1. The maximum absolute atomic E-state index is 12.5. The lowest BCUT2D eigenvalue weighted by molar-refractivity contribution is -0.142. The van der Waals surface area contributed by atoms with Gasteiger partial charge >= 0.3 is 0 Å². The van der Waals surface area contributed by atoms with E-state index in [1.807, 2.05) is 0 Å². The fourth-order valence-corrected chi connectivity index (χ4v) is 3.84. The molecule has 1 N–H and O–H groups in total. The first-order valence-corrected chi connectivity index (χ1v) is 8.93. The minimum atomic E-state index is -0.243. The van der Waals surface area contributed by atoms with Crippen LogP contribution in [0.5, 0.6) is 0 Å². The van der Waals surface area contributed by atoms with E-state index >= 15 is 0 Å². The molecule has 2 fully saturated rings. The minimum Gasteiger partial charge on any atom is -0.324 e. The summed E-state index contributed by atoms with van der Waals surface area (Å²) in [5.41, 5.74) is 0.543. The molecule has 1 aromatic rings.